The van der Waals surface area contributed by atoms with Crippen LogP contribution in [0.25, 0.3) is 11.0 Å². The Morgan fingerprint density at radius 3 is 2.50 bits per heavy atom. The second-order valence-corrected chi connectivity index (χ2v) is 10.3. The topological polar surface area (TPSA) is 84.5 Å². The molecule has 182 valence electrons. The summed E-state index contributed by atoms with van der Waals surface area (Å²) in [7, 11) is 0. The Morgan fingerprint density at radius 2 is 1.94 bits per heavy atom. The summed E-state index contributed by atoms with van der Waals surface area (Å²) >= 11 is 8.03. The van der Waals surface area contributed by atoms with Crippen LogP contribution in [0.3, 0.4) is 0 Å². The zero-order valence-electron chi connectivity index (χ0n) is 19.0. The SMILES string of the molecule is CCC(Sc1nc2cc(Cl)c(N3CCN(CCO)CC3)cc2[nH]1)C(=O)NC(C)(C)C.Cl.Cl. The van der Waals surface area contributed by atoms with Gasteiger partial charge in [0.05, 0.1) is 33.6 Å². The molecule has 1 saturated heterocycles. The maximum absolute atomic E-state index is 12.6. The van der Waals surface area contributed by atoms with Crippen molar-refractivity contribution >= 4 is 70.8 Å². The van der Waals surface area contributed by atoms with E-state index >= 15 is 0 Å². The molecule has 1 aromatic heterocycles. The van der Waals surface area contributed by atoms with E-state index in [-0.39, 0.29) is 48.1 Å². The van der Waals surface area contributed by atoms with Crippen LogP contribution in [0.4, 0.5) is 5.69 Å². The smallest absolute Gasteiger partial charge is 0.233 e. The van der Waals surface area contributed by atoms with Crippen molar-refractivity contribution in [3.05, 3.63) is 17.2 Å². The third-order valence-electron chi connectivity index (χ3n) is 5.07. The number of hydrogen-bond acceptors (Lipinski definition) is 6. The highest BCUT2D eigenvalue weighted by molar-refractivity contribution is 8.00. The van der Waals surface area contributed by atoms with E-state index in [0.29, 0.717) is 18.0 Å². The van der Waals surface area contributed by atoms with Crippen molar-refractivity contribution in [1.82, 2.24) is 20.2 Å². The van der Waals surface area contributed by atoms with Gasteiger partial charge in [-0.25, -0.2) is 4.98 Å². The number of aromatic amines is 1. The summed E-state index contributed by atoms with van der Waals surface area (Å²) in [6, 6.07) is 3.94. The Morgan fingerprint density at radius 1 is 1.28 bits per heavy atom. The Kier molecular flexibility index (Phi) is 11.4. The Balaban J connectivity index is 0.00000256. The second-order valence-electron chi connectivity index (χ2n) is 8.67. The maximum Gasteiger partial charge on any atom is 0.233 e. The van der Waals surface area contributed by atoms with E-state index in [2.05, 4.69) is 25.1 Å². The minimum absolute atomic E-state index is 0. The van der Waals surface area contributed by atoms with Crippen LogP contribution in [0.2, 0.25) is 5.02 Å². The highest BCUT2D eigenvalue weighted by Crippen LogP contribution is 2.33. The van der Waals surface area contributed by atoms with Gasteiger partial charge in [-0.1, -0.05) is 30.3 Å². The number of fused-ring (bicyclic) bond motifs is 1. The molecule has 32 heavy (non-hydrogen) atoms. The summed E-state index contributed by atoms with van der Waals surface area (Å²) in [5.41, 5.74) is 2.45. The fourth-order valence-electron chi connectivity index (χ4n) is 3.56. The van der Waals surface area contributed by atoms with Crippen molar-refractivity contribution in [2.75, 3.05) is 44.2 Å². The lowest BCUT2D eigenvalue weighted by Crippen LogP contribution is -2.47. The molecule has 0 bridgehead atoms. The minimum Gasteiger partial charge on any atom is -0.395 e. The van der Waals surface area contributed by atoms with Crippen LogP contribution in [-0.4, -0.2) is 76.0 Å². The van der Waals surface area contributed by atoms with Gasteiger partial charge in [0.1, 0.15) is 0 Å². The molecule has 1 amide bonds. The normalized spacial score (nSPS) is 15.8. The van der Waals surface area contributed by atoms with E-state index in [0.717, 1.165) is 48.1 Å². The first-order valence-electron chi connectivity index (χ1n) is 10.5. The molecule has 1 aliphatic heterocycles. The van der Waals surface area contributed by atoms with Gasteiger partial charge in [0.2, 0.25) is 5.91 Å². The Hall–Kier alpha value is -0.900. The van der Waals surface area contributed by atoms with E-state index in [4.69, 9.17) is 16.7 Å². The Labute approximate surface area is 211 Å². The fraction of sp³-hybridized carbons (Fsp3) is 0.619. The molecule has 1 unspecified atom stereocenters. The molecule has 3 N–H and O–H groups in total. The molecule has 0 spiro atoms. The monoisotopic (exact) mass is 525 g/mol. The lowest BCUT2D eigenvalue weighted by atomic mass is 10.1. The zero-order valence-corrected chi connectivity index (χ0v) is 22.2. The summed E-state index contributed by atoms with van der Waals surface area (Å²) in [5, 5.41) is 13.4. The molecule has 1 atom stereocenters. The lowest BCUT2D eigenvalue weighted by Gasteiger charge is -2.36. The third-order valence-corrected chi connectivity index (χ3v) is 6.62. The van der Waals surface area contributed by atoms with Crippen molar-refractivity contribution < 1.29 is 9.90 Å². The van der Waals surface area contributed by atoms with Crippen molar-refractivity contribution in [3.8, 4) is 0 Å². The standard InChI is InChI=1S/C21H32ClN5O2S.2ClH/c1-5-18(19(29)25-21(2,3)4)30-20-23-15-12-14(22)17(13-16(15)24-20)27-8-6-26(7-9-27)10-11-28;;/h12-13,18,28H,5-11H2,1-4H3,(H,23,24)(H,25,29);2*1H. The van der Waals surface area contributed by atoms with Gasteiger partial charge < -0.3 is 20.3 Å². The molecular formula is C21H34Cl3N5O2S. The molecule has 1 aromatic carbocycles. The van der Waals surface area contributed by atoms with Gasteiger partial charge in [-0.2, -0.15) is 0 Å². The molecule has 0 aliphatic carbocycles. The number of H-pyrrole nitrogens is 1. The van der Waals surface area contributed by atoms with Gasteiger partial charge in [0.15, 0.2) is 5.16 Å². The number of hydrogen-bond donors (Lipinski definition) is 3. The zero-order chi connectivity index (χ0) is 21.9. The minimum atomic E-state index is -0.261. The largest absolute Gasteiger partial charge is 0.395 e. The van der Waals surface area contributed by atoms with Crippen molar-refractivity contribution in [2.45, 2.75) is 50.1 Å². The van der Waals surface area contributed by atoms with Crippen LogP contribution in [-0.2, 0) is 4.79 Å². The molecule has 0 saturated carbocycles. The molecule has 0 radical (unpaired) electrons. The number of rotatable bonds is 7. The van der Waals surface area contributed by atoms with E-state index < -0.39 is 0 Å². The van der Waals surface area contributed by atoms with Gasteiger partial charge >= 0.3 is 0 Å². The predicted molar refractivity (Wildman–Crippen MR) is 139 cm³/mol. The summed E-state index contributed by atoms with van der Waals surface area (Å²) < 4.78 is 0. The molecule has 2 heterocycles. The average Bonchev–Trinajstić information content (AvgIpc) is 3.06. The van der Waals surface area contributed by atoms with Crippen LogP contribution >= 0.6 is 48.2 Å². The van der Waals surface area contributed by atoms with Gasteiger partial charge in [-0.15, -0.1) is 24.8 Å². The van der Waals surface area contributed by atoms with E-state index in [1.807, 2.05) is 39.8 Å². The van der Waals surface area contributed by atoms with Gasteiger partial charge in [0.25, 0.3) is 0 Å². The number of thioether (sulfide) groups is 1. The van der Waals surface area contributed by atoms with Crippen LogP contribution < -0.4 is 10.2 Å². The number of aliphatic hydroxyl groups excluding tert-OH is 1. The van der Waals surface area contributed by atoms with E-state index in [1.165, 1.54) is 11.8 Å². The Bertz CT molecular complexity index is 882. The first kappa shape index (κ1) is 29.1. The molecule has 2 aromatic rings. The second kappa shape index (κ2) is 12.5. The van der Waals surface area contributed by atoms with Gasteiger partial charge in [-0.3, -0.25) is 9.69 Å². The van der Waals surface area contributed by atoms with Gasteiger partial charge in [0, 0.05) is 38.3 Å². The fourth-order valence-corrected chi connectivity index (χ4v) is 4.76. The number of aliphatic hydroxyl groups is 1. The molecule has 11 heteroatoms. The third kappa shape index (κ3) is 7.57. The molecule has 3 rings (SSSR count). The van der Waals surface area contributed by atoms with Crippen LogP contribution in [0, 0.1) is 0 Å². The molecule has 1 aliphatic rings. The highest BCUT2D eigenvalue weighted by Gasteiger charge is 2.24. The molecular weight excluding hydrogens is 493 g/mol. The number of β-amino-alcohol motifs (C(OH)–C–C–N with tert-alkyl or cyclic N) is 1. The number of aromatic nitrogens is 2. The van der Waals surface area contributed by atoms with Crippen molar-refractivity contribution in [1.29, 1.82) is 0 Å². The van der Waals surface area contributed by atoms with Crippen LogP contribution in [0.15, 0.2) is 17.3 Å². The average molecular weight is 527 g/mol. The number of benzene rings is 1. The molecule has 7 nitrogen and oxygen atoms in total. The quantitative estimate of drug-likeness (QED) is 0.474. The van der Waals surface area contributed by atoms with E-state index in [9.17, 15) is 4.79 Å². The van der Waals surface area contributed by atoms with Crippen molar-refractivity contribution in [3.63, 3.8) is 0 Å². The number of amides is 1. The number of carbonyl (C=O) groups is 1. The number of carbonyl (C=O) groups excluding carboxylic acids is 1. The number of piperazine rings is 1. The first-order chi connectivity index (χ1) is 14.2. The predicted octanol–water partition coefficient (Wildman–Crippen LogP) is 3.96. The number of halogens is 3. The summed E-state index contributed by atoms with van der Waals surface area (Å²) in [6.45, 7) is 12.4. The first-order valence-corrected chi connectivity index (χ1v) is 11.7. The van der Waals surface area contributed by atoms with Crippen molar-refractivity contribution in [2.24, 2.45) is 0 Å². The summed E-state index contributed by atoms with van der Waals surface area (Å²) in [6.07, 6.45) is 0.716. The number of nitrogens with zero attached hydrogens (tertiary/aromatic N) is 3. The number of imidazole rings is 1. The van der Waals surface area contributed by atoms with Gasteiger partial charge in [-0.05, 0) is 39.3 Å². The summed E-state index contributed by atoms with van der Waals surface area (Å²) in [5.74, 6) is 0.0231. The van der Waals surface area contributed by atoms with Crippen LogP contribution in [0.5, 0.6) is 0 Å². The number of anilines is 1. The van der Waals surface area contributed by atoms with E-state index in [1.54, 1.807) is 0 Å². The number of nitrogens with one attached hydrogen (secondary N) is 2. The highest BCUT2D eigenvalue weighted by atomic mass is 35.5. The van der Waals surface area contributed by atoms with Crippen LogP contribution in [0.1, 0.15) is 34.1 Å². The lowest BCUT2D eigenvalue weighted by molar-refractivity contribution is -0.122. The maximum atomic E-state index is 12.6. The molecule has 1 fully saturated rings. The summed E-state index contributed by atoms with van der Waals surface area (Å²) in [4.78, 5) is 25.1.